The summed E-state index contributed by atoms with van der Waals surface area (Å²) in [5.41, 5.74) is 0. The van der Waals surface area contributed by atoms with Gasteiger partial charge < -0.3 is 14.5 Å². The molecule has 0 bridgehead atoms. The third kappa shape index (κ3) is 2.06. The molecule has 3 aliphatic heterocycles. The van der Waals surface area contributed by atoms with Crippen LogP contribution in [0.4, 0.5) is 0 Å². The van der Waals surface area contributed by atoms with Crippen molar-refractivity contribution in [2.75, 3.05) is 26.7 Å². The topological polar surface area (TPSA) is 35.6 Å². The highest BCUT2D eigenvalue weighted by Crippen LogP contribution is 2.41. The Morgan fingerprint density at radius 3 is 3.11 bits per heavy atom. The van der Waals surface area contributed by atoms with Crippen LogP contribution in [0.25, 0.3) is 0 Å². The lowest BCUT2D eigenvalue weighted by molar-refractivity contribution is -0.121. The van der Waals surface area contributed by atoms with Gasteiger partial charge in [0.15, 0.2) is 0 Å². The van der Waals surface area contributed by atoms with Gasteiger partial charge in [-0.2, -0.15) is 0 Å². The van der Waals surface area contributed by atoms with Gasteiger partial charge >= 0.3 is 0 Å². The Kier molecular flexibility index (Phi) is 3.35. The van der Waals surface area contributed by atoms with E-state index in [4.69, 9.17) is 0 Å². The first kappa shape index (κ1) is 12.1. The van der Waals surface area contributed by atoms with Gasteiger partial charge in [-0.3, -0.25) is 4.79 Å². The van der Waals surface area contributed by atoms with Gasteiger partial charge in [0.1, 0.15) is 0 Å². The molecule has 5 heteroatoms. The molecule has 3 rings (SSSR count). The summed E-state index contributed by atoms with van der Waals surface area (Å²) >= 11 is 1.70. The predicted octanol–water partition coefficient (Wildman–Crippen LogP) is 1.04. The molecule has 0 saturated carbocycles. The van der Waals surface area contributed by atoms with Gasteiger partial charge in [0.05, 0.1) is 0 Å². The molecule has 4 nitrogen and oxygen atoms in total. The Bertz CT molecular complexity index is 396. The third-order valence-corrected chi connectivity index (χ3v) is 5.29. The molecule has 1 amide bonds. The fourth-order valence-corrected chi connectivity index (χ4v) is 4.22. The largest absolute Gasteiger partial charge is 0.343 e. The van der Waals surface area contributed by atoms with Gasteiger partial charge in [-0.1, -0.05) is 0 Å². The maximum atomic E-state index is 11.1. The summed E-state index contributed by atoms with van der Waals surface area (Å²) in [6, 6.07) is 0.529. The van der Waals surface area contributed by atoms with Gasteiger partial charge in [-0.25, -0.2) is 0 Å². The van der Waals surface area contributed by atoms with Crippen LogP contribution >= 0.6 is 11.9 Å². The van der Waals surface area contributed by atoms with E-state index in [9.17, 15) is 4.79 Å². The first-order valence-corrected chi connectivity index (χ1v) is 7.30. The molecule has 0 aromatic heterocycles. The number of likely N-dealkylation sites (tertiary alicyclic amines) is 2. The van der Waals surface area contributed by atoms with Crippen LogP contribution in [-0.2, 0) is 4.79 Å². The van der Waals surface area contributed by atoms with Gasteiger partial charge in [-0.05, 0) is 50.0 Å². The van der Waals surface area contributed by atoms with Crippen LogP contribution in [0.3, 0.4) is 0 Å². The van der Waals surface area contributed by atoms with Crippen LogP contribution in [0.1, 0.15) is 6.42 Å². The Balaban J connectivity index is 1.84. The van der Waals surface area contributed by atoms with Crippen LogP contribution in [-0.4, -0.2) is 48.9 Å². The normalized spacial score (nSPS) is 35.9. The summed E-state index contributed by atoms with van der Waals surface area (Å²) in [5.74, 6) is 1.18. The summed E-state index contributed by atoms with van der Waals surface area (Å²) in [5, 5.41) is 0. The van der Waals surface area contributed by atoms with E-state index >= 15 is 0 Å². The van der Waals surface area contributed by atoms with E-state index in [2.05, 4.69) is 28.8 Å². The molecule has 1 unspecified atom stereocenters. The first-order chi connectivity index (χ1) is 8.79. The number of nitrogens with one attached hydrogen (secondary N) is 1. The summed E-state index contributed by atoms with van der Waals surface area (Å²) in [6.45, 7) is 2.91. The van der Waals surface area contributed by atoms with Crippen molar-refractivity contribution in [1.82, 2.24) is 14.5 Å². The number of allylic oxidation sites excluding steroid dienone is 2. The molecule has 1 N–H and O–H groups in total. The van der Waals surface area contributed by atoms with Crippen LogP contribution in [0, 0.1) is 11.8 Å². The van der Waals surface area contributed by atoms with Crippen molar-refractivity contribution in [3.8, 4) is 0 Å². The Morgan fingerprint density at radius 1 is 1.50 bits per heavy atom. The second-order valence-corrected chi connectivity index (χ2v) is 6.23. The van der Waals surface area contributed by atoms with Crippen molar-refractivity contribution in [2.45, 2.75) is 12.5 Å². The lowest BCUT2D eigenvalue weighted by Gasteiger charge is -2.42. The van der Waals surface area contributed by atoms with Crippen molar-refractivity contribution >= 4 is 18.4 Å². The highest BCUT2D eigenvalue weighted by atomic mass is 32.2. The number of nitrogens with zero attached hydrogens (tertiary/aromatic N) is 2. The zero-order valence-corrected chi connectivity index (χ0v) is 11.4. The molecule has 3 heterocycles. The molecule has 2 saturated heterocycles. The fourth-order valence-electron chi connectivity index (χ4n) is 3.39. The second-order valence-electron chi connectivity index (χ2n) is 5.31. The maximum Gasteiger partial charge on any atom is 0.209 e. The van der Waals surface area contributed by atoms with E-state index in [1.807, 2.05) is 11.1 Å². The molecule has 0 radical (unpaired) electrons. The van der Waals surface area contributed by atoms with Crippen molar-refractivity contribution in [1.29, 1.82) is 0 Å². The van der Waals surface area contributed by atoms with Crippen LogP contribution < -0.4 is 4.72 Å². The summed E-state index contributed by atoms with van der Waals surface area (Å²) in [7, 11) is 2.18. The zero-order chi connectivity index (χ0) is 12.5. The number of hydrogen-bond donors (Lipinski definition) is 1. The minimum atomic E-state index is 0.487. The molecule has 0 aromatic rings. The summed E-state index contributed by atoms with van der Waals surface area (Å²) < 4.78 is 3.20. The van der Waals surface area contributed by atoms with Crippen molar-refractivity contribution in [2.24, 2.45) is 11.8 Å². The third-order valence-electron chi connectivity index (χ3n) is 4.36. The monoisotopic (exact) mass is 265 g/mol. The van der Waals surface area contributed by atoms with Crippen LogP contribution in [0.5, 0.6) is 0 Å². The Hall–Kier alpha value is -0.940. The first-order valence-electron chi connectivity index (χ1n) is 6.48. The SMILES string of the molecule is CN1CC[C@@H]2C(C3=CC=CNS3)CN(C=O)C[C@@H]21. The minimum absolute atomic E-state index is 0.487. The quantitative estimate of drug-likeness (QED) is 0.598. The molecule has 18 heavy (non-hydrogen) atoms. The molecule has 0 spiro atoms. The van der Waals surface area contributed by atoms with E-state index in [-0.39, 0.29) is 0 Å². The molecule has 0 aliphatic carbocycles. The van der Waals surface area contributed by atoms with E-state index in [1.54, 1.807) is 11.9 Å². The minimum Gasteiger partial charge on any atom is -0.343 e. The van der Waals surface area contributed by atoms with E-state index in [0.717, 1.165) is 26.0 Å². The number of rotatable bonds is 2. The van der Waals surface area contributed by atoms with Crippen molar-refractivity contribution in [3.63, 3.8) is 0 Å². The summed E-state index contributed by atoms with van der Waals surface area (Å²) in [6.07, 6.45) is 8.45. The highest BCUT2D eigenvalue weighted by Gasteiger charge is 2.43. The molecule has 98 valence electrons. The molecule has 3 aliphatic rings. The number of carbonyl (C=O) groups excluding carboxylic acids is 1. The summed E-state index contributed by atoms with van der Waals surface area (Å²) in [4.78, 5) is 16.9. The molecular weight excluding hydrogens is 246 g/mol. The van der Waals surface area contributed by atoms with E-state index in [1.165, 1.54) is 11.3 Å². The average Bonchev–Trinajstić information content (AvgIpc) is 2.80. The Morgan fingerprint density at radius 2 is 2.39 bits per heavy atom. The van der Waals surface area contributed by atoms with Crippen LogP contribution in [0.15, 0.2) is 23.3 Å². The Labute approximate surface area is 112 Å². The van der Waals surface area contributed by atoms with Crippen molar-refractivity contribution < 1.29 is 4.79 Å². The lowest BCUT2D eigenvalue weighted by Crippen LogP contribution is -2.51. The van der Waals surface area contributed by atoms with Crippen LogP contribution in [0.2, 0.25) is 0 Å². The molecule has 0 aromatic carbocycles. The standard InChI is InChI=1S/C13H19N3OS/c1-15-6-4-10-11(13-3-2-5-14-18-13)7-16(9-17)8-12(10)15/h2-3,5,9-12,14H,4,6-8H2,1H3/t10-,11?,12+/m1/s1. The maximum absolute atomic E-state index is 11.1. The van der Waals surface area contributed by atoms with Gasteiger partial charge in [0.25, 0.3) is 0 Å². The number of amides is 1. The molecular formula is C13H19N3OS. The zero-order valence-electron chi connectivity index (χ0n) is 10.6. The van der Waals surface area contributed by atoms with Gasteiger partial charge in [-0.15, -0.1) is 0 Å². The van der Waals surface area contributed by atoms with E-state index in [0.29, 0.717) is 17.9 Å². The number of hydrogen-bond acceptors (Lipinski definition) is 4. The number of fused-ring (bicyclic) bond motifs is 1. The second kappa shape index (κ2) is 4.97. The lowest BCUT2D eigenvalue weighted by atomic mass is 9.81. The highest BCUT2D eigenvalue weighted by molar-refractivity contribution is 8.01. The molecule has 2 fully saturated rings. The van der Waals surface area contributed by atoms with Gasteiger partial charge in [0, 0.05) is 36.2 Å². The van der Waals surface area contributed by atoms with Gasteiger partial charge in [0.2, 0.25) is 6.41 Å². The predicted molar refractivity (Wildman–Crippen MR) is 73.6 cm³/mol. The number of carbonyl (C=O) groups is 1. The van der Waals surface area contributed by atoms with E-state index < -0.39 is 0 Å². The fraction of sp³-hybridized carbons (Fsp3) is 0.615. The van der Waals surface area contributed by atoms with Crippen molar-refractivity contribution in [3.05, 3.63) is 23.3 Å². The molecule has 3 atom stereocenters. The average molecular weight is 265 g/mol. The smallest absolute Gasteiger partial charge is 0.209 e. The number of piperidine rings is 1. The number of likely N-dealkylation sites (N-methyl/N-ethyl adjacent to an activating group) is 1.